The molecule has 10 heteroatoms. The predicted molar refractivity (Wildman–Crippen MR) is 134 cm³/mol. The molecule has 2 aromatic rings. The highest BCUT2D eigenvalue weighted by atomic mass is 16.6. The number of urea groups is 1. The van der Waals surface area contributed by atoms with Gasteiger partial charge in [-0.3, -0.25) is 0 Å². The second-order valence-electron chi connectivity index (χ2n) is 9.08. The van der Waals surface area contributed by atoms with Crippen molar-refractivity contribution in [3.8, 4) is 11.4 Å². The molecule has 0 aliphatic carbocycles. The quantitative estimate of drug-likeness (QED) is 0.672. The largest absolute Gasteiger partial charge is 0.447 e. The van der Waals surface area contributed by atoms with Crippen molar-refractivity contribution in [3.05, 3.63) is 35.5 Å². The van der Waals surface area contributed by atoms with Crippen LogP contribution >= 0.6 is 0 Å². The summed E-state index contributed by atoms with van der Waals surface area (Å²) in [5, 5.41) is 5.52. The smallest absolute Gasteiger partial charge is 0.410 e. The SMILES string of the molecule is CCNC(=O)Nc1ccc(-c2nc3c(c(N4CCOC[C@@H]4C)n2)CCN(C(=O)OC(C)C)C3)cc1. The van der Waals surface area contributed by atoms with E-state index in [9.17, 15) is 9.59 Å². The third-order valence-electron chi connectivity index (χ3n) is 6.02. The Balaban J connectivity index is 1.67. The van der Waals surface area contributed by atoms with E-state index in [1.807, 2.05) is 45.0 Å². The van der Waals surface area contributed by atoms with Gasteiger partial charge in [0, 0.05) is 36.4 Å². The van der Waals surface area contributed by atoms with Crippen LogP contribution in [-0.2, 0) is 22.4 Å². The number of aromatic nitrogens is 2. The molecule has 1 fully saturated rings. The van der Waals surface area contributed by atoms with E-state index >= 15 is 0 Å². The molecule has 1 aromatic heterocycles. The zero-order valence-electron chi connectivity index (χ0n) is 20.8. The van der Waals surface area contributed by atoms with Crippen molar-refractivity contribution < 1.29 is 19.1 Å². The van der Waals surface area contributed by atoms with Crippen LogP contribution in [0.4, 0.5) is 21.1 Å². The van der Waals surface area contributed by atoms with Crippen LogP contribution in [0.1, 0.15) is 39.0 Å². The van der Waals surface area contributed by atoms with E-state index in [1.54, 1.807) is 4.90 Å². The molecule has 0 bridgehead atoms. The van der Waals surface area contributed by atoms with Gasteiger partial charge in [-0.25, -0.2) is 19.6 Å². The monoisotopic (exact) mass is 482 g/mol. The Kier molecular flexibility index (Phi) is 7.70. The van der Waals surface area contributed by atoms with Gasteiger partial charge in [-0.2, -0.15) is 0 Å². The minimum atomic E-state index is -0.326. The van der Waals surface area contributed by atoms with Gasteiger partial charge in [0.1, 0.15) is 5.82 Å². The molecule has 4 rings (SSSR count). The van der Waals surface area contributed by atoms with Gasteiger partial charge in [-0.1, -0.05) is 0 Å². The van der Waals surface area contributed by atoms with Crippen molar-refractivity contribution in [3.63, 3.8) is 0 Å². The number of rotatable bonds is 5. The molecule has 2 aliphatic heterocycles. The summed E-state index contributed by atoms with van der Waals surface area (Å²) in [5.74, 6) is 1.49. The topological polar surface area (TPSA) is 109 Å². The number of fused-ring (bicyclic) bond motifs is 1. The normalized spacial score (nSPS) is 17.7. The first kappa shape index (κ1) is 24.7. The van der Waals surface area contributed by atoms with E-state index in [0.29, 0.717) is 50.8 Å². The van der Waals surface area contributed by atoms with Crippen molar-refractivity contribution >= 4 is 23.6 Å². The maximum atomic E-state index is 12.6. The first-order valence-electron chi connectivity index (χ1n) is 12.2. The second kappa shape index (κ2) is 10.9. The van der Waals surface area contributed by atoms with E-state index in [2.05, 4.69) is 22.5 Å². The Morgan fingerprint density at radius 3 is 2.66 bits per heavy atom. The van der Waals surface area contributed by atoms with E-state index < -0.39 is 0 Å². The van der Waals surface area contributed by atoms with Crippen LogP contribution in [0.3, 0.4) is 0 Å². The average molecular weight is 483 g/mol. The fraction of sp³-hybridized carbons (Fsp3) is 0.520. The van der Waals surface area contributed by atoms with Crippen LogP contribution in [0.5, 0.6) is 0 Å². The lowest BCUT2D eigenvalue weighted by Gasteiger charge is -2.37. The number of carbonyl (C=O) groups is 2. The Morgan fingerprint density at radius 2 is 1.97 bits per heavy atom. The van der Waals surface area contributed by atoms with E-state index in [4.69, 9.17) is 19.4 Å². The molecule has 1 aromatic carbocycles. The number of amides is 3. The molecular weight excluding hydrogens is 448 g/mol. The molecule has 0 radical (unpaired) electrons. The Morgan fingerprint density at radius 1 is 1.20 bits per heavy atom. The standard InChI is InChI=1S/C25H34N6O4/c1-5-26-24(32)27-19-8-6-18(7-9-19)22-28-21-14-30(25(33)35-16(2)3)11-10-20(21)23(29-22)31-12-13-34-15-17(31)4/h6-9,16-17H,5,10-15H2,1-4H3,(H2,26,27,32)/t17-/m0/s1. The van der Waals surface area contributed by atoms with Crippen LogP contribution in [0.25, 0.3) is 11.4 Å². The highest BCUT2D eigenvalue weighted by Gasteiger charge is 2.31. The van der Waals surface area contributed by atoms with Crippen molar-refractivity contribution in [2.24, 2.45) is 0 Å². The molecule has 1 atom stereocenters. The number of carbonyl (C=O) groups excluding carboxylic acids is 2. The van der Waals surface area contributed by atoms with Gasteiger partial charge in [-0.15, -0.1) is 0 Å². The Bertz CT molecular complexity index is 1060. The number of morpholine rings is 1. The summed E-state index contributed by atoms with van der Waals surface area (Å²) in [7, 11) is 0. The molecule has 188 valence electrons. The zero-order valence-corrected chi connectivity index (χ0v) is 20.8. The van der Waals surface area contributed by atoms with Gasteiger partial charge in [0.25, 0.3) is 0 Å². The molecule has 2 N–H and O–H groups in total. The number of benzene rings is 1. The number of nitrogens with zero attached hydrogens (tertiary/aromatic N) is 4. The van der Waals surface area contributed by atoms with Crippen molar-refractivity contribution in [2.45, 2.75) is 52.8 Å². The molecule has 2 aliphatic rings. The summed E-state index contributed by atoms with van der Waals surface area (Å²) < 4.78 is 11.1. The minimum Gasteiger partial charge on any atom is -0.447 e. The van der Waals surface area contributed by atoms with Gasteiger partial charge in [0.15, 0.2) is 5.82 Å². The Labute approximate surface area is 206 Å². The van der Waals surface area contributed by atoms with Crippen LogP contribution in [0.2, 0.25) is 0 Å². The van der Waals surface area contributed by atoms with Gasteiger partial charge >= 0.3 is 12.1 Å². The van der Waals surface area contributed by atoms with Crippen LogP contribution in [-0.4, -0.2) is 72.0 Å². The second-order valence-corrected chi connectivity index (χ2v) is 9.08. The summed E-state index contributed by atoms with van der Waals surface area (Å²) in [6.07, 6.45) is 0.159. The number of ether oxygens (including phenoxy) is 2. The number of nitrogens with one attached hydrogen (secondary N) is 2. The highest BCUT2D eigenvalue weighted by molar-refractivity contribution is 5.89. The zero-order chi connectivity index (χ0) is 24.9. The molecule has 10 nitrogen and oxygen atoms in total. The number of hydrogen-bond donors (Lipinski definition) is 2. The molecule has 0 unspecified atom stereocenters. The molecule has 0 spiro atoms. The molecular formula is C25H34N6O4. The van der Waals surface area contributed by atoms with E-state index in [1.165, 1.54) is 0 Å². The van der Waals surface area contributed by atoms with E-state index in [-0.39, 0.29) is 24.3 Å². The molecule has 1 saturated heterocycles. The predicted octanol–water partition coefficient (Wildman–Crippen LogP) is 3.41. The number of hydrogen-bond acceptors (Lipinski definition) is 7. The van der Waals surface area contributed by atoms with Crippen LogP contribution in [0, 0.1) is 0 Å². The lowest BCUT2D eigenvalue weighted by atomic mass is 10.0. The fourth-order valence-electron chi connectivity index (χ4n) is 4.29. The number of anilines is 2. The molecule has 3 amide bonds. The molecule has 0 saturated carbocycles. The average Bonchev–Trinajstić information content (AvgIpc) is 2.83. The van der Waals surface area contributed by atoms with Crippen LogP contribution < -0.4 is 15.5 Å². The summed E-state index contributed by atoms with van der Waals surface area (Å²) in [6, 6.07) is 7.38. The van der Waals surface area contributed by atoms with Crippen molar-refractivity contribution in [1.29, 1.82) is 0 Å². The first-order chi connectivity index (χ1) is 16.9. The van der Waals surface area contributed by atoms with Gasteiger partial charge < -0.3 is 29.9 Å². The van der Waals surface area contributed by atoms with E-state index in [0.717, 1.165) is 29.2 Å². The highest BCUT2D eigenvalue weighted by Crippen LogP contribution is 2.32. The summed E-state index contributed by atoms with van der Waals surface area (Å²) in [5.41, 5.74) is 3.42. The summed E-state index contributed by atoms with van der Waals surface area (Å²) in [6.45, 7) is 11.2. The van der Waals surface area contributed by atoms with Gasteiger partial charge in [0.2, 0.25) is 0 Å². The third-order valence-corrected chi connectivity index (χ3v) is 6.02. The summed E-state index contributed by atoms with van der Waals surface area (Å²) >= 11 is 0. The van der Waals surface area contributed by atoms with Gasteiger partial charge in [-0.05, 0) is 58.4 Å². The lowest BCUT2D eigenvalue weighted by Crippen LogP contribution is -2.46. The summed E-state index contributed by atoms with van der Waals surface area (Å²) in [4.78, 5) is 38.3. The first-order valence-corrected chi connectivity index (χ1v) is 12.2. The van der Waals surface area contributed by atoms with Crippen LogP contribution in [0.15, 0.2) is 24.3 Å². The maximum Gasteiger partial charge on any atom is 0.410 e. The van der Waals surface area contributed by atoms with Crippen molar-refractivity contribution in [2.75, 3.05) is 43.1 Å². The molecule has 35 heavy (non-hydrogen) atoms. The Hall–Kier alpha value is -3.40. The third kappa shape index (κ3) is 5.82. The molecule has 3 heterocycles. The van der Waals surface area contributed by atoms with Crippen molar-refractivity contribution in [1.82, 2.24) is 20.2 Å². The minimum absolute atomic E-state index is 0.179. The maximum absolute atomic E-state index is 12.6. The fourth-order valence-corrected chi connectivity index (χ4v) is 4.29. The lowest BCUT2D eigenvalue weighted by molar-refractivity contribution is 0.0724. The van der Waals surface area contributed by atoms with Gasteiger partial charge in [0.05, 0.1) is 37.6 Å².